The number of aromatic nitrogens is 1. The molecule has 0 aliphatic rings. The predicted molar refractivity (Wildman–Crippen MR) is 67.5 cm³/mol. The van der Waals surface area contributed by atoms with Gasteiger partial charge in [-0.1, -0.05) is 19.1 Å². The highest BCUT2D eigenvalue weighted by Crippen LogP contribution is 2.26. The van der Waals surface area contributed by atoms with Crippen molar-refractivity contribution >= 4 is 16.9 Å². The maximum absolute atomic E-state index is 11.8. The van der Waals surface area contributed by atoms with Gasteiger partial charge in [-0.05, 0) is 18.1 Å². The van der Waals surface area contributed by atoms with E-state index in [9.17, 15) is 9.59 Å². The third-order valence-electron chi connectivity index (χ3n) is 2.91. The van der Waals surface area contributed by atoms with Gasteiger partial charge in [0.2, 0.25) is 0 Å². The number of para-hydroxylation sites is 1. The Kier molecular flexibility index (Phi) is 3.06. The van der Waals surface area contributed by atoms with Gasteiger partial charge in [-0.15, -0.1) is 0 Å². The molecule has 0 saturated heterocycles. The Bertz CT molecular complexity index is 672. The Morgan fingerprint density at radius 1 is 1.44 bits per heavy atom. The van der Waals surface area contributed by atoms with E-state index in [1.165, 1.54) is 7.11 Å². The second-order valence-corrected chi connectivity index (χ2v) is 3.85. The lowest BCUT2D eigenvalue weighted by molar-refractivity contribution is 0.0694. The van der Waals surface area contributed by atoms with Gasteiger partial charge in [0.25, 0.3) is 5.56 Å². The fourth-order valence-corrected chi connectivity index (χ4v) is 2.12. The van der Waals surface area contributed by atoms with Gasteiger partial charge in [0.1, 0.15) is 11.3 Å². The van der Waals surface area contributed by atoms with E-state index < -0.39 is 11.5 Å². The molecule has 2 N–H and O–H groups in total. The number of carboxylic acids is 1. The summed E-state index contributed by atoms with van der Waals surface area (Å²) in [4.78, 5) is 25.6. The van der Waals surface area contributed by atoms with Crippen molar-refractivity contribution in [3.05, 3.63) is 39.7 Å². The molecule has 1 aromatic carbocycles. The molecule has 5 heteroatoms. The van der Waals surface area contributed by atoms with Crippen LogP contribution >= 0.6 is 0 Å². The van der Waals surface area contributed by atoms with E-state index in [0.717, 1.165) is 0 Å². The maximum atomic E-state index is 11.8. The third-order valence-corrected chi connectivity index (χ3v) is 2.91. The number of hydrogen-bond acceptors (Lipinski definition) is 3. The SMILES string of the molecule is CCc1c(C(=O)O)c(=O)[nH]c2c(OC)cccc12. The number of hydrogen-bond donors (Lipinski definition) is 2. The number of H-pyrrole nitrogens is 1. The molecular weight excluding hydrogens is 234 g/mol. The summed E-state index contributed by atoms with van der Waals surface area (Å²) in [6, 6.07) is 5.27. The van der Waals surface area contributed by atoms with Crippen LogP contribution in [-0.4, -0.2) is 23.2 Å². The number of methoxy groups -OCH3 is 1. The first kappa shape index (κ1) is 12.2. The first-order valence-electron chi connectivity index (χ1n) is 5.55. The molecule has 0 fully saturated rings. The lowest BCUT2D eigenvalue weighted by Crippen LogP contribution is -2.20. The molecule has 0 aliphatic carbocycles. The highest BCUT2D eigenvalue weighted by atomic mass is 16.5. The molecule has 0 saturated carbocycles. The van der Waals surface area contributed by atoms with Crippen molar-refractivity contribution in [3.8, 4) is 5.75 Å². The van der Waals surface area contributed by atoms with Crippen LogP contribution in [0.4, 0.5) is 0 Å². The average Bonchev–Trinajstić information content (AvgIpc) is 2.35. The van der Waals surface area contributed by atoms with Crippen molar-refractivity contribution in [2.24, 2.45) is 0 Å². The zero-order chi connectivity index (χ0) is 13.3. The Morgan fingerprint density at radius 3 is 2.72 bits per heavy atom. The number of carboxylic acid groups (broad SMARTS) is 1. The number of nitrogens with one attached hydrogen (secondary N) is 1. The van der Waals surface area contributed by atoms with E-state index in [-0.39, 0.29) is 5.56 Å². The van der Waals surface area contributed by atoms with Crippen molar-refractivity contribution in [1.82, 2.24) is 4.98 Å². The highest BCUT2D eigenvalue weighted by molar-refractivity contribution is 5.97. The molecular formula is C13H13NO4. The first-order valence-corrected chi connectivity index (χ1v) is 5.55. The standard InChI is InChI=1S/C13H13NO4/c1-3-7-8-5-4-6-9(18-2)11(8)14-12(15)10(7)13(16)17/h4-6H,3H2,1-2H3,(H,14,15)(H,16,17). The molecule has 2 aromatic rings. The van der Waals surface area contributed by atoms with Gasteiger partial charge < -0.3 is 14.8 Å². The number of benzene rings is 1. The molecule has 5 nitrogen and oxygen atoms in total. The summed E-state index contributed by atoms with van der Waals surface area (Å²) in [7, 11) is 1.50. The number of aromatic carboxylic acids is 1. The lowest BCUT2D eigenvalue weighted by Gasteiger charge is -2.10. The van der Waals surface area contributed by atoms with Crippen LogP contribution in [0.15, 0.2) is 23.0 Å². The van der Waals surface area contributed by atoms with E-state index in [1.807, 2.05) is 6.92 Å². The number of aromatic amines is 1. The summed E-state index contributed by atoms with van der Waals surface area (Å²) >= 11 is 0. The summed E-state index contributed by atoms with van der Waals surface area (Å²) < 4.78 is 5.16. The molecule has 0 bridgehead atoms. The maximum Gasteiger partial charge on any atom is 0.341 e. The Hall–Kier alpha value is -2.30. The second kappa shape index (κ2) is 4.52. The van der Waals surface area contributed by atoms with Gasteiger partial charge >= 0.3 is 5.97 Å². The van der Waals surface area contributed by atoms with Gasteiger partial charge in [0.15, 0.2) is 0 Å². The Labute approximate surface area is 103 Å². The zero-order valence-electron chi connectivity index (χ0n) is 10.1. The summed E-state index contributed by atoms with van der Waals surface area (Å²) in [5.41, 5.74) is 0.265. The predicted octanol–water partition coefficient (Wildman–Crippen LogP) is 1.80. The third kappa shape index (κ3) is 1.73. The normalized spacial score (nSPS) is 10.6. The van der Waals surface area contributed by atoms with Crippen LogP contribution < -0.4 is 10.3 Å². The number of ether oxygens (including phenoxy) is 1. The average molecular weight is 247 g/mol. The monoisotopic (exact) mass is 247 g/mol. The fraction of sp³-hybridized carbons (Fsp3) is 0.231. The van der Waals surface area contributed by atoms with Crippen molar-refractivity contribution in [2.75, 3.05) is 7.11 Å². The summed E-state index contributed by atoms with van der Waals surface area (Å²) in [6.07, 6.45) is 0.467. The first-order chi connectivity index (χ1) is 8.60. The molecule has 0 amide bonds. The largest absolute Gasteiger partial charge is 0.495 e. The van der Waals surface area contributed by atoms with Crippen LogP contribution in [0.1, 0.15) is 22.8 Å². The molecule has 18 heavy (non-hydrogen) atoms. The van der Waals surface area contributed by atoms with Gasteiger partial charge in [-0.25, -0.2) is 4.79 Å². The quantitative estimate of drug-likeness (QED) is 0.866. The smallest absolute Gasteiger partial charge is 0.341 e. The molecule has 0 radical (unpaired) electrons. The molecule has 1 heterocycles. The van der Waals surface area contributed by atoms with E-state index >= 15 is 0 Å². The molecule has 0 spiro atoms. The number of rotatable bonds is 3. The van der Waals surface area contributed by atoms with Crippen LogP contribution in [0.5, 0.6) is 5.75 Å². The van der Waals surface area contributed by atoms with Gasteiger partial charge in [0, 0.05) is 5.39 Å². The van der Waals surface area contributed by atoms with Crippen molar-refractivity contribution in [3.63, 3.8) is 0 Å². The van der Waals surface area contributed by atoms with Gasteiger partial charge in [-0.2, -0.15) is 0 Å². The molecule has 0 atom stereocenters. The van der Waals surface area contributed by atoms with E-state index in [1.54, 1.807) is 18.2 Å². The zero-order valence-corrected chi connectivity index (χ0v) is 10.1. The van der Waals surface area contributed by atoms with E-state index in [0.29, 0.717) is 28.6 Å². The fourth-order valence-electron chi connectivity index (χ4n) is 2.12. The van der Waals surface area contributed by atoms with Crippen LogP contribution in [0.25, 0.3) is 10.9 Å². The van der Waals surface area contributed by atoms with Crippen LogP contribution in [-0.2, 0) is 6.42 Å². The van der Waals surface area contributed by atoms with Gasteiger partial charge in [-0.3, -0.25) is 4.79 Å². The van der Waals surface area contributed by atoms with Crippen molar-refractivity contribution in [2.45, 2.75) is 13.3 Å². The van der Waals surface area contributed by atoms with Gasteiger partial charge in [0.05, 0.1) is 12.6 Å². The van der Waals surface area contributed by atoms with Crippen molar-refractivity contribution in [1.29, 1.82) is 0 Å². The molecule has 94 valence electrons. The highest BCUT2D eigenvalue weighted by Gasteiger charge is 2.18. The second-order valence-electron chi connectivity index (χ2n) is 3.85. The lowest BCUT2D eigenvalue weighted by atomic mass is 10.0. The summed E-state index contributed by atoms with van der Waals surface area (Å²) in [5, 5.41) is 9.81. The number of fused-ring (bicyclic) bond motifs is 1. The van der Waals surface area contributed by atoms with E-state index in [4.69, 9.17) is 9.84 Å². The topological polar surface area (TPSA) is 79.4 Å². The van der Waals surface area contributed by atoms with Crippen LogP contribution in [0.3, 0.4) is 0 Å². The summed E-state index contributed by atoms with van der Waals surface area (Å²) in [6.45, 7) is 1.82. The van der Waals surface area contributed by atoms with Crippen molar-refractivity contribution < 1.29 is 14.6 Å². The number of carbonyl (C=O) groups is 1. The summed E-state index contributed by atoms with van der Waals surface area (Å²) in [5.74, 6) is -0.686. The molecule has 2 rings (SSSR count). The Morgan fingerprint density at radius 2 is 2.17 bits per heavy atom. The molecule has 0 unspecified atom stereocenters. The molecule has 1 aromatic heterocycles. The molecule has 0 aliphatic heterocycles. The number of aryl methyl sites for hydroxylation is 1. The van der Waals surface area contributed by atoms with E-state index in [2.05, 4.69) is 4.98 Å². The Balaban J connectivity index is 2.97. The minimum Gasteiger partial charge on any atom is -0.495 e. The van der Waals surface area contributed by atoms with Crippen LogP contribution in [0, 0.1) is 0 Å². The minimum absolute atomic E-state index is 0.196. The van der Waals surface area contributed by atoms with Crippen LogP contribution in [0.2, 0.25) is 0 Å². The minimum atomic E-state index is -1.21. The number of pyridine rings is 1.